The number of pyridine rings is 1. The molecular formula is C21H25ClN4O2. The Labute approximate surface area is 170 Å². The molecule has 1 aromatic heterocycles. The van der Waals surface area contributed by atoms with Crippen LogP contribution in [0.2, 0.25) is 5.15 Å². The minimum atomic E-state index is -0.108. The van der Waals surface area contributed by atoms with Gasteiger partial charge in [-0.25, -0.2) is 4.98 Å². The van der Waals surface area contributed by atoms with Crippen LogP contribution in [0, 0.1) is 13.8 Å². The van der Waals surface area contributed by atoms with Crippen molar-refractivity contribution in [3.8, 4) is 0 Å². The Balaban J connectivity index is 1.52. The van der Waals surface area contributed by atoms with Gasteiger partial charge in [-0.05, 0) is 49.9 Å². The van der Waals surface area contributed by atoms with E-state index in [0.717, 1.165) is 29.7 Å². The monoisotopic (exact) mass is 400 g/mol. The summed E-state index contributed by atoms with van der Waals surface area (Å²) in [7, 11) is 0. The van der Waals surface area contributed by atoms with E-state index in [-0.39, 0.29) is 18.4 Å². The van der Waals surface area contributed by atoms with Gasteiger partial charge in [-0.2, -0.15) is 0 Å². The van der Waals surface area contributed by atoms with Crippen LogP contribution < -0.4 is 10.6 Å². The molecule has 1 saturated carbocycles. The van der Waals surface area contributed by atoms with Crippen molar-refractivity contribution in [2.75, 3.05) is 23.7 Å². The lowest BCUT2D eigenvalue weighted by atomic mass is 10.1. The topological polar surface area (TPSA) is 74.3 Å². The number of carbonyl (C=O) groups excluding carboxylic acids is 2. The normalized spacial score (nSPS) is 13.4. The highest BCUT2D eigenvalue weighted by molar-refractivity contribution is 6.29. The molecule has 28 heavy (non-hydrogen) atoms. The van der Waals surface area contributed by atoms with Crippen molar-refractivity contribution in [3.63, 3.8) is 0 Å². The van der Waals surface area contributed by atoms with Crippen LogP contribution in [0.4, 0.5) is 11.4 Å². The number of benzene rings is 1. The van der Waals surface area contributed by atoms with Gasteiger partial charge < -0.3 is 10.6 Å². The summed E-state index contributed by atoms with van der Waals surface area (Å²) in [6.45, 7) is 4.79. The maximum absolute atomic E-state index is 12.6. The minimum absolute atomic E-state index is 0.0503. The third-order valence-electron chi connectivity index (χ3n) is 4.79. The average molecular weight is 401 g/mol. The molecule has 2 amide bonds. The smallest absolute Gasteiger partial charge is 0.238 e. The number of aromatic nitrogens is 1. The zero-order valence-electron chi connectivity index (χ0n) is 16.2. The highest BCUT2D eigenvalue weighted by Gasteiger charge is 2.30. The van der Waals surface area contributed by atoms with E-state index < -0.39 is 0 Å². The summed E-state index contributed by atoms with van der Waals surface area (Å²) >= 11 is 5.84. The zero-order chi connectivity index (χ0) is 20.1. The van der Waals surface area contributed by atoms with Crippen LogP contribution in [0.15, 0.2) is 36.5 Å². The van der Waals surface area contributed by atoms with Gasteiger partial charge in [0.2, 0.25) is 11.8 Å². The van der Waals surface area contributed by atoms with Gasteiger partial charge in [-0.1, -0.05) is 29.8 Å². The fourth-order valence-corrected chi connectivity index (χ4v) is 3.33. The Morgan fingerprint density at radius 3 is 2.50 bits per heavy atom. The van der Waals surface area contributed by atoms with Crippen molar-refractivity contribution in [2.45, 2.75) is 39.2 Å². The lowest BCUT2D eigenvalue weighted by Crippen LogP contribution is -2.37. The van der Waals surface area contributed by atoms with Gasteiger partial charge in [-0.15, -0.1) is 0 Å². The predicted molar refractivity (Wildman–Crippen MR) is 112 cm³/mol. The van der Waals surface area contributed by atoms with Crippen molar-refractivity contribution >= 4 is 34.8 Å². The van der Waals surface area contributed by atoms with Crippen LogP contribution in [-0.2, 0) is 9.59 Å². The Morgan fingerprint density at radius 1 is 1.14 bits per heavy atom. The fourth-order valence-electron chi connectivity index (χ4n) is 3.15. The van der Waals surface area contributed by atoms with Gasteiger partial charge in [0.1, 0.15) is 5.15 Å². The number of amides is 2. The molecule has 0 radical (unpaired) electrons. The fraction of sp³-hybridized carbons (Fsp3) is 0.381. The largest absolute Gasteiger partial charge is 0.326 e. The predicted octanol–water partition coefficient (Wildman–Crippen LogP) is 3.78. The second kappa shape index (κ2) is 9.17. The number of hydrogen-bond acceptors (Lipinski definition) is 4. The summed E-state index contributed by atoms with van der Waals surface area (Å²) < 4.78 is 0. The maximum atomic E-state index is 12.6. The van der Waals surface area contributed by atoms with Crippen molar-refractivity contribution in [1.29, 1.82) is 0 Å². The van der Waals surface area contributed by atoms with Crippen LogP contribution in [-0.4, -0.2) is 40.8 Å². The van der Waals surface area contributed by atoms with Crippen molar-refractivity contribution in [2.24, 2.45) is 0 Å². The molecule has 1 aromatic carbocycles. The van der Waals surface area contributed by atoms with Crippen LogP contribution in [0.25, 0.3) is 0 Å². The molecule has 0 unspecified atom stereocenters. The van der Waals surface area contributed by atoms with E-state index in [1.54, 1.807) is 18.3 Å². The molecule has 2 aromatic rings. The molecule has 1 aliphatic carbocycles. The van der Waals surface area contributed by atoms with Gasteiger partial charge in [0, 0.05) is 36.6 Å². The third-order valence-corrected chi connectivity index (χ3v) is 5.00. The first-order valence-electron chi connectivity index (χ1n) is 9.44. The molecule has 1 heterocycles. The van der Waals surface area contributed by atoms with Crippen LogP contribution in [0.5, 0.6) is 0 Å². The average Bonchev–Trinajstić information content (AvgIpc) is 3.47. The summed E-state index contributed by atoms with van der Waals surface area (Å²) in [5.74, 6) is -0.159. The van der Waals surface area contributed by atoms with Gasteiger partial charge in [0.15, 0.2) is 0 Å². The number of para-hydroxylation sites is 1. The highest BCUT2D eigenvalue weighted by atomic mass is 35.5. The summed E-state index contributed by atoms with van der Waals surface area (Å²) in [5.41, 5.74) is 3.58. The molecule has 6 nitrogen and oxygen atoms in total. The van der Waals surface area contributed by atoms with E-state index in [1.165, 1.54) is 0 Å². The molecule has 3 rings (SSSR count). The molecular weight excluding hydrogens is 376 g/mol. The third kappa shape index (κ3) is 5.78. The molecule has 1 fully saturated rings. The first-order valence-corrected chi connectivity index (χ1v) is 9.81. The lowest BCUT2D eigenvalue weighted by Gasteiger charge is -2.22. The van der Waals surface area contributed by atoms with Crippen LogP contribution in [0.1, 0.15) is 30.4 Å². The molecule has 0 atom stereocenters. The standard InChI is InChI=1S/C21H25ClN4O2/c1-14-4-3-5-15(2)21(14)25-20(28)13-26(17-6-7-17)11-9-19(27)24-16-8-10-23-18(22)12-16/h3-5,8,10,12,17H,6-7,9,11,13H2,1-2H3,(H,25,28)(H,23,24,27). The minimum Gasteiger partial charge on any atom is -0.326 e. The highest BCUT2D eigenvalue weighted by Crippen LogP contribution is 2.27. The number of aryl methyl sites for hydroxylation is 2. The zero-order valence-corrected chi connectivity index (χ0v) is 16.9. The van der Waals surface area contributed by atoms with Crippen molar-refractivity contribution < 1.29 is 9.59 Å². The number of carbonyl (C=O) groups is 2. The molecule has 0 spiro atoms. The first kappa shape index (κ1) is 20.3. The van der Waals surface area contributed by atoms with Crippen molar-refractivity contribution in [1.82, 2.24) is 9.88 Å². The number of rotatable bonds is 8. The number of hydrogen-bond donors (Lipinski definition) is 2. The number of nitrogens with one attached hydrogen (secondary N) is 2. The molecule has 7 heteroatoms. The second-order valence-corrected chi connectivity index (χ2v) is 7.57. The van der Waals surface area contributed by atoms with Crippen LogP contribution in [0.3, 0.4) is 0 Å². The van der Waals surface area contributed by atoms with Gasteiger partial charge in [-0.3, -0.25) is 14.5 Å². The Hall–Kier alpha value is -2.44. The Morgan fingerprint density at radius 2 is 1.86 bits per heavy atom. The van der Waals surface area contributed by atoms with E-state index in [1.807, 2.05) is 32.0 Å². The van der Waals surface area contributed by atoms with Gasteiger partial charge in [0.05, 0.1) is 6.54 Å². The number of nitrogens with zero attached hydrogens (tertiary/aromatic N) is 2. The molecule has 0 bridgehead atoms. The molecule has 0 saturated heterocycles. The van der Waals surface area contributed by atoms with E-state index in [4.69, 9.17) is 11.6 Å². The quantitative estimate of drug-likeness (QED) is 0.661. The van der Waals surface area contributed by atoms with Crippen molar-refractivity contribution in [3.05, 3.63) is 52.8 Å². The van der Waals surface area contributed by atoms with Gasteiger partial charge in [0.25, 0.3) is 0 Å². The summed E-state index contributed by atoms with van der Waals surface area (Å²) in [5, 5.41) is 6.17. The molecule has 0 aliphatic heterocycles. The molecule has 1 aliphatic rings. The SMILES string of the molecule is Cc1cccc(C)c1NC(=O)CN(CCC(=O)Nc1ccnc(Cl)c1)C1CC1. The maximum Gasteiger partial charge on any atom is 0.238 e. The molecule has 148 valence electrons. The number of halogens is 1. The van der Waals surface area contributed by atoms with E-state index in [2.05, 4.69) is 20.5 Å². The van der Waals surface area contributed by atoms with E-state index in [0.29, 0.717) is 29.8 Å². The van der Waals surface area contributed by atoms with E-state index in [9.17, 15) is 9.59 Å². The number of anilines is 2. The first-order chi connectivity index (χ1) is 13.4. The summed E-state index contributed by atoms with van der Waals surface area (Å²) in [6, 6.07) is 9.63. The lowest BCUT2D eigenvalue weighted by molar-refractivity contribution is -0.119. The van der Waals surface area contributed by atoms with E-state index >= 15 is 0 Å². The molecule has 2 N–H and O–H groups in total. The summed E-state index contributed by atoms with van der Waals surface area (Å²) in [6.07, 6.45) is 4.00. The summed E-state index contributed by atoms with van der Waals surface area (Å²) in [4.78, 5) is 30.8. The second-order valence-electron chi connectivity index (χ2n) is 7.18. The Kier molecular flexibility index (Phi) is 6.65. The van der Waals surface area contributed by atoms with Crippen LogP contribution >= 0.6 is 11.6 Å². The van der Waals surface area contributed by atoms with Gasteiger partial charge >= 0.3 is 0 Å². The Bertz CT molecular complexity index is 847.